The highest BCUT2D eigenvalue weighted by Gasteiger charge is 2.22. The minimum Gasteiger partial charge on any atom is -0.367 e. The van der Waals surface area contributed by atoms with Crippen LogP contribution in [0.2, 0.25) is 0 Å². The van der Waals surface area contributed by atoms with Crippen LogP contribution in [-0.2, 0) is 0 Å². The Balaban J connectivity index is 2.04. The Kier molecular flexibility index (Phi) is 5.04. The second-order valence-electron chi connectivity index (χ2n) is 5.38. The predicted molar refractivity (Wildman–Crippen MR) is 81.0 cm³/mol. The first-order chi connectivity index (χ1) is 8.70. The maximum absolute atomic E-state index is 4.50. The number of hydrogen-bond acceptors (Lipinski definition) is 2. The molecule has 1 aliphatic rings. The van der Waals surface area contributed by atoms with Crippen LogP contribution >= 0.6 is 15.9 Å². The molecule has 1 aromatic rings. The molecule has 0 aliphatic heterocycles. The van der Waals surface area contributed by atoms with E-state index in [4.69, 9.17) is 0 Å². The third kappa shape index (κ3) is 3.47. The van der Waals surface area contributed by atoms with Gasteiger partial charge in [-0.25, -0.2) is 4.98 Å². The minimum absolute atomic E-state index is 0.581. The lowest BCUT2D eigenvalue weighted by molar-refractivity contribution is 0.312. The second kappa shape index (κ2) is 6.55. The molecule has 0 spiro atoms. The van der Waals surface area contributed by atoms with E-state index in [-0.39, 0.29) is 0 Å². The lowest BCUT2D eigenvalue weighted by Crippen LogP contribution is -2.30. The highest BCUT2D eigenvalue weighted by molar-refractivity contribution is 9.10. The molecular formula is C15H23BrN2. The van der Waals surface area contributed by atoms with Crippen LogP contribution in [0.1, 0.15) is 51.0 Å². The molecule has 0 aromatic carbocycles. The Morgan fingerprint density at radius 3 is 2.72 bits per heavy atom. The summed E-state index contributed by atoms with van der Waals surface area (Å²) in [5, 5.41) is 3.66. The molecule has 0 radical (unpaired) electrons. The Labute approximate surface area is 119 Å². The number of aryl methyl sites for hydroxylation is 1. The quantitative estimate of drug-likeness (QED) is 0.853. The van der Waals surface area contributed by atoms with Crippen molar-refractivity contribution in [3.8, 4) is 0 Å². The van der Waals surface area contributed by atoms with E-state index in [0.29, 0.717) is 6.04 Å². The van der Waals surface area contributed by atoms with Crippen molar-refractivity contribution >= 4 is 21.7 Å². The van der Waals surface area contributed by atoms with Crippen LogP contribution in [0.3, 0.4) is 0 Å². The maximum atomic E-state index is 4.50. The fraction of sp³-hybridized carbons (Fsp3) is 0.667. The normalized spacial score (nSPS) is 18.6. The average molecular weight is 311 g/mol. The van der Waals surface area contributed by atoms with Gasteiger partial charge in [-0.2, -0.15) is 0 Å². The van der Waals surface area contributed by atoms with E-state index in [0.717, 1.165) is 16.2 Å². The van der Waals surface area contributed by atoms with Crippen molar-refractivity contribution in [2.75, 3.05) is 5.32 Å². The molecule has 0 bridgehead atoms. The van der Waals surface area contributed by atoms with E-state index >= 15 is 0 Å². The summed E-state index contributed by atoms with van der Waals surface area (Å²) in [5.41, 5.74) is 1.22. The molecule has 100 valence electrons. The van der Waals surface area contributed by atoms with Gasteiger partial charge in [0.2, 0.25) is 0 Å². The number of anilines is 1. The maximum Gasteiger partial charge on any atom is 0.129 e. The Morgan fingerprint density at radius 1 is 1.39 bits per heavy atom. The Hall–Kier alpha value is -0.570. The van der Waals surface area contributed by atoms with E-state index < -0.39 is 0 Å². The zero-order valence-corrected chi connectivity index (χ0v) is 13.0. The lowest BCUT2D eigenvalue weighted by Gasteiger charge is -2.31. The van der Waals surface area contributed by atoms with Gasteiger partial charge in [0.05, 0.1) is 0 Å². The SMILES string of the molecule is CCC(Nc1ncc(Br)cc1C)C1CCCCC1. The van der Waals surface area contributed by atoms with Crippen LogP contribution in [0, 0.1) is 12.8 Å². The summed E-state index contributed by atoms with van der Waals surface area (Å²) in [6.45, 7) is 4.40. The molecule has 1 unspecified atom stereocenters. The Morgan fingerprint density at radius 2 is 2.11 bits per heavy atom. The molecule has 1 fully saturated rings. The van der Waals surface area contributed by atoms with Crippen molar-refractivity contribution in [2.45, 2.75) is 58.4 Å². The molecule has 3 heteroatoms. The molecule has 2 nitrogen and oxygen atoms in total. The van der Waals surface area contributed by atoms with Crippen LogP contribution in [0.15, 0.2) is 16.7 Å². The first-order valence-corrected chi connectivity index (χ1v) is 7.88. The van der Waals surface area contributed by atoms with Gasteiger partial charge in [0.15, 0.2) is 0 Å². The zero-order valence-electron chi connectivity index (χ0n) is 11.4. The summed E-state index contributed by atoms with van der Waals surface area (Å²) in [5.74, 6) is 1.88. The van der Waals surface area contributed by atoms with Gasteiger partial charge in [-0.05, 0) is 59.7 Å². The first kappa shape index (κ1) is 13.9. The largest absolute Gasteiger partial charge is 0.367 e. The summed E-state index contributed by atoms with van der Waals surface area (Å²) in [7, 11) is 0. The van der Waals surface area contributed by atoms with E-state index in [9.17, 15) is 0 Å². The van der Waals surface area contributed by atoms with E-state index in [1.54, 1.807) is 0 Å². The van der Waals surface area contributed by atoms with Crippen LogP contribution < -0.4 is 5.32 Å². The van der Waals surface area contributed by atoms with E-state index in [1.165, 1.54) is 44.1 Å². The van der Waals surface area contributed by atoms with Crippen molar-refractivity contribution in [1.82, 2.24) is 4.98 Å². The minimum atomic E-state index is 0.581. The van der Waals surface area contributed by atoms with E-state index in [2.05, 4.69) is 46.1 Å². The van der Waals surface area contributed by atoms with Crippen molar-refractivity contribution in [3.63, 3.8) is 0 Å². The van der Waals surface area contributed by atoms with Gasteiger partial charge >= 0.3 is 0 Å². The van der Waals surface area contributed by atoms with Crippen molar-refractivity contribution in [1.29, 1.82) is 0 Å². The van der Waals surface area contributed by atoms with Gasteiger partial charge in [0.25, 0.3) is 0 Å². The summed E-state index contributed by atoms with van der Waals surface area (Å²) < 4.78 is 1.05. The standard InChI is InChI=1S/C15H23BrN2/c1-3-14(12-7-5-4-6-8-12)18-15-11(2)9-13(16)10-17-15/h9-10,12,14H,3-8H2,1-2H3,(H,17,18). The molecule has 1 aliphatic carbocycles. The van der Waals surface area contributed by atoms with Gasteiger partial charge in [0.1, 0.15) is 5.82 Å². The summed E-state index contributed by atoms with van der Waals surface area (Å²) in [6, 6.07) is 2.71. The number of aromatic nitrogens is 1. The monoisotopic (exact) mass is 310 g/mol. The van der Waals surface area contributed by atoms with Gasteiger partial charge in [-0.1, -0.05) is 26.2 Å². The molecular weight excluding hydrogens is 288 g/mol. The first-order valence-electron chi connectivity index (χ1n) is 7.09. The number of nitrogens with zero attached hydrogens (tertiary/aromatic N) is 1. The molecule has 18 heavy (non-hydrogen) atoms. The molecule has 1 saturated carbocycles. The number of pyridine rings is 1. The Bertz CT molecular complexity index is 386. The molecule has 2 rings (SSSR count). The van der Waals surface area contributed by atoms with Crippen molar-refractivity contribution in [2.24, 2.45) is 5.92 Å². The third-order valence-electron chi connectivity index (χ3n) is 4.03. The molecule has 1 atom stereocenters. The fourth-order valence-electron chi connectivity index (χ4n) is 2.96. The van der Waals surface area contributed by atoms with Crippen LogP contribution in [0.25, 0.3) is 0 Å². The smallest absolute Gasteiger partial charge is 0.129 e. The summed E-state index contributed by atoms with van der Waals surface area (Å²) in [6.07, 6.45) is 10.0. The van der Waals surface area contributed by atoms with Crippen molar-refractivity contribution in [3.05, 3.63) is 22.3 Å². The average Bonchev–Trinajstić information content (AvgIpc) is 2.39. The number of hydrogen-bond donors (Lipinski definition) is 1. The molecule has 1 heterocycles. The molecule has 0 saturated heterocycles. The van der Waals surface area contributed by atoms with Gasteiger partial charge in [-0.15, -0.1) is 0 Å². The lowest BCUT2D eigenvalue weighted by atomic mass is 9.83. The van der Waals surface area contributed by atoms with Gasteiger partial charge in [-0.3, -0.25) is 0 Å². The third-order valence-corrected chi connectivity index (χ3v) is 4.46. The van der Waals surface area contributed by atoms with Gasteiger partial charge in [0, 0.05) is 16.7 Å². The number of halogens is 1. The number of nitrogens with one attached hydrogen (secondary N) is 1. The molecule has 1 N–H and O–H groups in total. The summed E-state index contributed by atoms with van der Waals surface area (Å²) in [4.78, 5) is 4.50. The summed E-state index contributed by atoms with van der Waals surface area (Å²) >= 11 is 3.47. The molecule has 0 amide bonds. The van der Waals surface area contributed by atoms with Gasteiger partial charge < -0.3 is 5.32 Å². The van der Waals surface area contributed by atoms with E-state index in [1.807, 2.05) is 6.20 Å². The fourth-order valence-corrected chi connectivity index (χ4v) is 3.40. The molecule has 1 aromatic heterocycles. The predicted octanol–water partition coefficient (Wildman–Crippen LogP) is 4.92. The highest BCUT2D eigenvalue weighted by atomic mass is 79.9. The van der Waals surface area contributed by atoms with Crippen molar-refractivity contribution < 1.29 is 0 Å². The second-order valence-corrected chi connectivity index (χ2v) is 6.29. The van der Waals surface area contributed by atoms with Crippen LogP contribution in [0.5, 0.6) is 0 Å². The highest BCUT2D eigenvalue weighted by Crippen LogP contribution is 2.30. The van der Waals surface area contributed by atoms with Crippen LogP contribution in [0.4, 0.5) is 5.82 Å². The topological polar surface area (TPSA) is 24.9 Å². The van der Waals surface area contributed by atoms with Crippen LogP contribution in [-0.4, -0.2) is 11.0 Å². The number of rotatable bonds is 4. The zero-order chi connectivity index (χ0) is 13.0.